The van der Waals surface area contributed by atoms with Crippen LogP contribution in [-0.2, 0) is 13.1 Å². The van der Waals surface area contributed by atoms with Crippen LogP contribution < -0.4 is 11.1 Å². The number of benzene rings is 2. The molecule has 0 unspecified atom stereocenters. The Hall–Kier alpha value is -1.87. The van der Waals surface area contributed by atoms with Gasteiger partial charge in [0, 0.05) is 24.3 Å². The van der Waals surface area contributed by atoms with Gasteiger partial charge in [-0.05, 0) is 24.6 Å². The van der Waals surface area contributed by atoms with Gasteiger partial charge in [-0.1, -0.05) is 35.9 Å². The van der Waals surface area contributed by atoms with Gasteiger partial charge >= 0.3 is 0 Å². The number of hydrogen-bond donors (Lipinski definition) is 2. The van der Waals surface area contributed by atoms with Crippen molar-refractivity contribution in [2.75, 3.05) is 5.32 Å². The highest BCUT2D eigenvalue weighted by Crippen LogP contribution is 2.19. The predicted molar refractivity (Wildman–Crippen MR) is 72.8 cm³/mol. The van der Waals surface area contributed by atoms with Gasteiger partial charge in [-0.25, -0.2) is 4.39 Å². The summed E-state index contributed by atoms with van der Waals surface area (Å²) < 4.78 is 13.5. The molecule has 0 atom stereocenters. The van der Waals surface area contributed by atoms with E-state index in [1.54, 1.807) is 6.07 Å². The summed E-state index contributed by atoms with van der Waals surface area (Å²) in [5, 5.41) is 3.22. The van der Waals surface area contributed by atoms with Crippen LogP contribution in [0.15, 0.2) is 42.5 Å². The average molecular weight is 244 g/mol. The lowest BCUT2D eigenvalue weighted by Gasteiger charge is -2.11. The molecule has 0 aliphatic heterocycles. The van der Waals surface area contributed by atoms with Gasteiger partial charge in [-0.15, -0.1) is 0 Å². The molecule has 0 saturated heterocycles. The summed E-state index contributed by atoms with van der Waals surface area (Å²) in [7, 11) is 0. The lowest BCUT2D eigenvalue weighted by molar-refractivity contribution is 0.611. The topological polar surface area (TPSA) is 38.0 Å². The molecule has 0 amide bonds. The molecular formula is C15H17FN2. The first kappa shape index (κ1) is 12.6. The van der Waals surface area contributed by atoms with E-state index in [4.69, 9.17) is 5.73 Å². The van der Waals surface area contributed by atoms with Crippen LogP contribution in [0.1, 0.15) is 16.7 Å². The van der Waals surface area contributed by atoms with Gasteiger partial charge in [-0.2, -0.15) is 0 Å². The van der Waals surface area contributed by atoms with Gasteiger partial charge in [0.1, 0.15) is 5.82 Å². The van der Waals surface area contributed by atoms with Crippen LogP contribution in [-0.4, -0.2) is 0 Å². The summed E-state index contributed by atoms with van der Waals surface area (Å²) in [5.41, 5.74) is 9.24. The normalized spacial score (nSPS) is 10.4. The predicted octanol–water partition coefficient (Wildman–Crippen LogP) is 3.20. The maximum Gasteiger partial charge on any atom is 0.129 e. The number of anilines is 1. The molecule has 0 aliphatic rings. The number of hydrogen-bond acceptors (Lipinski definition) is 2. The van der Waals surface area contributed by atoms with Crippen molar-refractivity contribution in [3.8, 4) is 0 Å². The van der Waals surface area contributed by atoms with Crippen molar-refractivity contribution < 1.29 is 4.39 Å². The molecule has 0 saturated carbocycles. The molecule has 2 aromatic rings. The maximum atomic E-state index is 13.5. The van der Waals surface area contributed by atoms with Crippen molar-refractivity contribution in [2.24, 2.45) is 5.73 Å². The summed E-state index contributed by atoms with van der Waals surface area (Å²) >= 11 is 0. The second-order valence-electron chi connectivity index (χ2n) is 4.31. The largest absolute Gasteiger partial charge is 0.381 e. The first-order valence-corrected chi connectivity index (χ1v) is 5.97. The van der Waals surface area contributed by atoms with Gasteiger partial charge < -0.3 is 11.1 Å². The molecule has 0 fully saturated rings. The molecule has 18 heavy (non-hydrogen) atoms. The Bertz CT molecular complexity index is 521. The van der Waals surface area contributed by atoms with E-state index in [0.29, 0.717) is 12.1 Å². The average Bonchev–Trinajstić information content (AvgIpc) is 2.38. The molecule has 0 bridgehead atoms. The van der Waals surface area contributed by atoms with Crippen LogP contribution in [0.5, 0.6) is 0 Å². The van der Waals surface area contributed by atoms with Crippen molar-refractivity contribution in [3.63, 3.8) is 0 Å². The van der Waals surface area contributed by atoms with E-state index in [1.165, 1.54) is 11.6 Å². The summed E-state index contributed by atoms with van der Waals surface area (Å²) in [4.78, 5) is 0. The smallest absolute Gasteiger partial charge is 0.129 e. The number of rotatable bonds is 4. The summed E-state index contributed by atoms with van der Waals surface area (Å²) in [6.45, 7) is 2.91. The molecule has 0 aromatic heterocycles. The number of nitrogens with one attached hydrogen (secondary N) is 1. The fourth-order valence-corrected chi connectivity index (χ4v) is 1.83. The Labute approximate surface area is 107 Å². The molecule has 3 N–H and O–H groups in total. The Morgan fingerprint density at radius 2 is 1.83 bits per heavy atom. The van der Waals surface area contributed by atoms with Crippen LogP contribution in [0, 0.1) is 12.7 Å². The standard InChI is InChI=1S/C15H17FN2/c1-11-5-7-12(8-6-11)10-18-15-4-2-3-14(16)13(15)9-17/h2-8,18H,9-10,17H2,1H3. The van der Waals surface area contributed by atoms with Crippen LogP contribution in [0.25, 0.3) is 0 Å². The van der Waals surface area contributed by atoms with Crippen molar-refractivity contribution >= 4 is 5.69 Å². The number of halogens is 1. The summed E-state index contributed by atoms with van der Waals surface area (Å²) in [5.74, 6) is -0.258. The van der Waals surface area contributed by atoms with Crippen molar-refractivity contribution in [3.05, 3.63) is 65.0 Å². The minimum Gasteiger partial charge on any atom is -0.381 e. The molecule has 2 rings (SSSR count). The minimum atomic E-state index is -0.258. The summed E-state index contributed by atoms with van der Waals surface area (Å²) in [6.07, 6.45) is 0. The Morgan fingerprint density at radius 3 is 2.50 bits per heavy atom. The van der Waals surface area contributed by atoms with Gasteiger partial charge in [0.05, 0.1) is 0 Å². The highest BCUT2D eigenvalue weighted by Gasteiger charge is 2.05. The van der Waals surface area contributed by atoms with Gasteiger partial charge in [0.25, 0.3) is 0 Å². The van der Waals surface area contributed by atoms with Gasteiger partial charge in [0.2, 0.25) is 0 Å². The summed E-state index contributed by atoms with van der Waals surface area (Å²) in [6, 6.07) is 13.2. The quantitative estimate of drug-likeness (QED) is 0.866. The zero-order valence-electron chi connectivity index (χ0n) is 10.4. The first-order chi connectivity index (χ1) is 8.70. The second kappa shape index (κ2) is 5.65. The monoisotopic (exact) mass is 244 g/mol. The molecule has 3 heteroatoms. The third-order valence-electron chi connectivity index (χ3n) is 2.93. The molecule has 94 valence electrons. The molecule has 2 aromatic carbocycles. The number of nitrogens with two attached hydrogens (primary N) is 1. The first-order valence-electron chi connectivity index (χ1n) is 5.97. The Morgan fingerprint density at radius 1 is 1.11 bits per heavy atom. The SMILES string of the molecule is Cc1ccc(CNc2cccc(F)c2CN)cc1. The van der Waals surface area contributed by atoms with Crippen LogP contribution in [0.4, 0.5) is 10.1 Å². The zero-order chi connectivity index (χ0) is 13.0. The third-order valence-corrected chi connectivity index (χ3v) is 2.93. The molecule has 2 nitrogen and oxygen atoms in total. The fraction of sp³-hybridized carbons (Fsp3) is 0.200. The minimum absolute atomic E-state index is 0.197. The molecular weight excluding hydrogens is 227 g/mol. The van der Waals surface area contributed by atoms with E-state index in [0.717, 1.165) is 11.3 Å². The van der Waals surface area contributed by atoms with Crippen LogP contribution in [0.3, 0.4) is 0 Å². The zero-order valence-corrected chi connectivity index (χ0v) is 10.4. The molecule has 0 spiro atoms. The highest BCUT2D eigenvalue weighted by atomic mass is 19.1. The maximum absolute atomic E-state index is 13.5. The van der Waals surface area contributed by atoms with E-state index in [1.807, 2.05) is 6.07 Å². The van der Waals surface area contributed by atoms with Crippen LogP contribution >= 0.6 is 0 Å². The second-order valence-corrected chi connectivity index (χ2v) is 4.31. The Balaban J connectivity index is 2.10. The fourth-order valence-electron chi connectivity index (χ4n) is 1.83. The van der Waals surface area contributed by atoms with Gasteiger partial charge in [-0.3, -0.25) is 0 Å². The third kappa shape index (κ3) is 2.87. The van der Waals surface area contributed by atoms with Crippen molar-refractivity contribution in [1.29, 1.82) is 0 Å². The van der Waals surface area contributed by atoms with E-state index in [2.05, 4.69) is 36.5 Å². The van der Waals surface area contributed by atoms with Gasteiger partial charge in [0.15, 0.2) is 0 Å². The van der Waals surface area contributed by atoms with Crippen LogP contribution in [0.2, 0.25) is 0 Å². The van der Waals surface area contributed by atoms with E-state index in [9.17, 15) is 4.39 Å². The highest BCUT2D eigenvalue weighted by molar-refractivity contribution is 5.52. The van der Waals surface area contributed by atoms with E-state index < -0.39 is 0 Å². The van der Waals surface area contributed by atoms with Crippen molar-refractivity contribution in [2.45, 2.75) is 20.0 Å². The molecule has 0 aliphatic carbocycles. The lowest BCUT2D eigenvalue weighted by Crippen LogP contribution is -2.07. The van der Waals surface area contributed by atoms with Crippen molar-refractivity contribution in [1.82, 2.24) is 0 Å². The Kier molecular flexibility index (Phi) is 3.95. The lowest BCUT2D eigenvalue weighted by atomic mass is 10.1. The molecule has 0 radical (unpaired) electrons. The molecule has 0 heterocycles. The van der Waals surface area contributed by atoms with E-state index >= 15 is 0 Å². The number of aryl methyl sites for hydroxylation is 1. The van der Waals surface area contributed by atoms with E-state index in [-0.39, 0.29) is 12.4 Å².